The monoisotopic (exact) mass is 429 g/mol. The lowest BCUT2D eigenvalue weighted by atomic mass is 10.1. The summed E-state index contributed by atoms with van der Waals surface area (Å²) in [6.07, 6.45) is 1.87. The number of halogens is 2. The fraction of sp³-hybridized carbons (Fsp3) is 0.286. The third kappa shape index (κ3) is 3.70. The molecule has 2 aromatic carbocycles. The van der Waals surface area contributed by atoms with E-state index in [-0.39, 0.29) is 11.7 Å². The minimum absolute atomic E-state index is 0.122. The number of carbonyl (C=O) groups is 1. The van der Waals surface area contributed by atoms with E-state index < -0.39 is 0 Å². The van der Waals surface area contributed by atoms with Gasteiger partial charge >= 0.3 is 0 Å². The van der Waals surface area contributed by atoms with Crippen LogP contribution >= 0.6 is 15.9 Å². The van der Waals surface area contributed by atoms with Crippen molar-refractivity contribution in [3.63, 3.8) is 0 Å². The highest BCUT2D eigenvalue weighted by Crippen LogP contribution is 2.27. The smallest absolute Gasteiger partial charge is 0.263 e. The van der Waals surface area contributed by atoms with Crippen molar-refractivity contribution in [3.05, 3.63) is 70.1 Å². The summed E-state index contributed by atoms with van der Waals surface area (Å²) in [5.74, 6) is -0.406. The first kappa shape index (κ1) is 18.3. The van der Waals surface area contributed by atoms with Gasteiger partial charge in [-0.05, 0) is 58.9 Å². The summed E-state index contributed by atoms with van der Waals surface area (Å²) in [5, 5.41) is 0.800. The summed E-state index contributed by atoms with van der Waals surface area (Å²) >= 11 is 3.45. The van der Waals surface area contributed by atoms with Gasteiger partial charge in [-0.15, -0.1) is 0 Å². The summed E-state index contributed by atoms with van der Waals surface area (Å²) in [7, 11) is 2.12. The lowest BCUT2D eigenvalue weighted by Crippen LogP contribution is -2.43. The van der Waals surface area contributed by atoms with Crippen LogP contribution in [0.15, 0.2) is 53.1 Å². The summed E-state index contributed by atoms with van der Waals surface area (Å²) in [6, 6.07) is 12.0. The lowest BCUT2D eigenvalue weighted by Gasteiger charge is -2.32. The number of nitrogens with zero attached hydrogens (tertiary/aromatic N) is 3. The van der Waals surface area contributed by atoms with Gasteiger partial charge in [0.15, 0.2) is 0 Å². The molecule has 1 fully saturated rings. The fourth-order valence-electron chi connectivity index (χ4n) is 3.58. The number of likely N-dealkylation sites (N-methyl/N-ethyl adjacent to an activating group) is 1. The molecule has 6 heteroatoms. The lowest BCUT2D eigenvalue weighted by molar-refractivity contribution is 0.0963. The minimum atomic E-state index is -0.284. The van der Waals surface area contributed by atoms with Crippen LogP contribution in [0.1, 0.15) is 15.9 Å². The predicted molar refractivity (Wildman–Crippen MR) is 109 cm³/mol. The molecule has 0 N–H and O–H groups in total. The van der Waals surface area contributed by atoms with Gasteiger partial charge in [-0.1, -0.05) is 12.1 Å². The van der Waals surface area contributed by atoms with Crippen molar-refractivity contribution in [2.75, 3.05) is 33.2 Å². The maximum absolute atomic E-state index is 13.9. The zero-order valence-corrected chi connectivity index (χ0v) is 16.7. The molecule has 4 rings (SSSR count). The van der Waals surface area contributed by atoms with Crippen molar-refractivity contribution < 1.29 is 9.18 Å². The Bertz CT molecular complexity index is 992. The molecule has 0 unspecified atom stereocenters. The van der Waals surface area contributed by atoms with E-state index in [2.05, 4.69) is 32.8 Å². The highest BCUT2D eigenvalue weighted by atomic mass is 79.9. The molecule has 3 aromatic rings. The zero-order chi connectivity index (χ0) is 19.0. The molecule has 1 aliphatic rings. The average Bonchev–Trinajstić information content (AvgIpc) is 3.01. The number of benzene rings is 2. The SMILES string of the molecule is CN1CCN(Cc2cn(C(=O)c3ccccc3Br)c3ccc(F)cc23)CC1. The van der Waals surface area contributed by atoms with Gasteiger partial charge in [-0.3, -0.25) is 14.3 Å². The quantitative estimate of drug-likeness (QED) is 0.630. The van der Waals surface area contributed by atoms with Crippen molar-refractivity contribution in [2.24, 2.45) is 0 Å². The Morgan fingerprint density at radius 1 is 1.11 bits per heavy atom. The predicted octanol–water partition coefficient (Wildman–Crippen LogP) is 3.98. The second-order valence-corrected chi connectivity index (χ2v) is 7.90. The van der Waals surface area contributed by atoms with Crippen LogP contribution in [0.4, 0.5) is 4.39 Å². The summed E-state index contributed by atoms with van der Waals surface area (Å²) in [6.45, 7) is 4.68. The first-order valence-electron chi connectivity index (χ1n) is 9.02. The zero-order valence-electron chi connectivity index (χ0n) is 15.2. The molecule has 1 aliphatic heterocycles. The number of carbonyl (C=O) groups excluding carboxylic acids is 1. The Kier molecular flexibility index (Phi) is 5.12. The van der Waals surface area contributed by atoms with Crippen molar-refractivity contribution >= 4 is 32.7 Å². The first-order chi connectivity index (χ1) is 13.0. The number of hydrogen-bond donors (Lipinski definition) is 0. The van der Waals surface area contributed by atoms with E-state index in [1.54, 1.807) is 16.7 Å². The molecule has 1 saturated heterocycles. The van der Waals surface area contributed by atoms with Gasteiger partial charge in [0.1, 0.15) is 5.82 Å². The molecule has 0 saturated carbocycles. The normalized spacial score (nSPS) is 16.1. The van der Waals surface area contributed by atoms with Crippen molar-refractivity contribution in [3.8, 4) is 0 Å². The van der Waals surface area contributed by atoms with Gasteiger partial charge in [0.25, 0.3) is 5.91 Å². The van der Waals surface area contributed by atoms with Crippen molar-refractivity contribution in [2.45, 2.75) is 6.54 Å². The van der Waals surface area contributed by atoms with Gasteiger partial charge in [0.05, 0.1) is 11.1 Å². The highest BCUT2D eigenvalue weighted by Gasteiger charge is 2.20. The number of rotatable bonds is 3. The molecule has 1 aromatic heterocycles. The number of hydrogen-bond acceptors (Lipinski definition) is 3. The van der Waals surface area contributed by atoms with Crippen LogP contribution in [0.5, 0.6) is 0 Å². The first-order valence-corrected chi connectivity index (χ1v) is 9.82. The topological polar surface area (TPSA) is 28.5 Å². The Balaban J connectivity index is 1.73. The van der Waals surface area contributed by atoms with Crippen LogP contribution in [0.25, 0.3) is 10.9 Å². The van der Waals surface area contributed by atoms with Crippen LogP contribution in [-0.4, -0.2) is 53.5 Å². The third-order valence-electron chi connectivity index (χ3n) is 5.16. The van der Waals surface area contributed by atoms with Crippen LogP contribution < -0.4 is 0 Å². The van der Waals surface area contributed by atoms with E-state index in [1.165, 1.54) is 12.1 Å². The summed E-state index contributed by atoms with van der Waals surface area (Å²) < 4.78 is 16.3. The number of fused-ring (bicyclic) bond motifs is 1. The van der Waals surface area contributed by atoms with E-state index in [0.29, 0.717) is 12.1 Å². The molecule has 27 heavy (non-hydrogen) atoms. The van der Waals surface area contributed by atoms with Gasteiger partial charge < -0.3 is 4.90 Å². The largest absolute Gasteiger partial charge is 0.304 e. The molecular formula is C21H21BrFN3O. The molecule has 4 nitrogen and oxygen atoms in total. The summed E-state index contributed by atoms with van der Waals surface area (Å²) in [5.41, 5.74) is 2.31. The molecule has 140 valence electrons. The summed E-state index contributed by atoms with van der Waals surface area (Å²) in [4.78, 5) is 17.8. The second-order valence-electron chi connectivity index (χ2n) is 7.05. The maximum Gasteiger partial charge on any atom is 0.263 e. The Morgan fingerprint density at radius 3 is 2.59 bits per heavy atom. The standard InChI is InChI=1S/C21H21BrFN3O/c1-24-8-10-25(11-9-24)13-15-14-26(20-7-6-16(23)12-18(15)20)21(27)17-4-2-3-5-19(17)22/h2-7,12,14H,8-11,13H2,1H3. The Morgan fingerprint density at radius 2 is 1.85 bits per heavy atom. The maximum atomic E-state index is 13.9. The number of piperazine rings is 1. The molecule has 2 heterocycles. The van der Waals surface area contributed by atoms with Gasteiger partial charge in [-0.2, -0.15) is 0 Å². The molecular weight excluding hydrogens is 409 g/mol. The molecule has 0 spiro atoms. The highest BCUT2D eigenvalue weighted by molar-refractivity contribution is 9.10. The fourth-order valence-corrected chi connectivity index (χ4v) is 4.03. The molecule has 0 bridgehead atoms. The van der Waals surface area contributed by atoms with E-state index in [1.807, 2.05) is 24.4 Å². The number of aromatic nitrogens is 1. The van der Waals surface area contributed by atoms with E-state index in [4.69, 9.17) is 0 Å². The molecule has 0 radical (unpaired) electrons. The van der Waals surface area contributed by atoms with E-state index in [0.717, 1.165) is 47.1 Å². The van der Waals surface area contributed by atoms with E-state index in [9.17, 15) is 9.18 Å². The van der Waals surface area contributed by atoms with Crippen LogP contribution in [-0.2, 0) is 6.54 Å². The van der Waals surface area contributed by atoms with Crippen molar-refractivity contribution in [1.29, 1.82) is 0 Å². The molecule has 0 aliphatic carbocycles. The third-order valence-corrected chi connectivity index (χ3v) is 5.85. The van der Waals surface area contributed by atoms with Crippen LogP contribution in [0.3, 0.4) is 0 Å². The molecule has 0 amide bonds. The van der Waals surface area contributed by atoms with Crippen molar-refractivity contribution in [1.82, 2.24) is 14.4 Å². The molecule has 0 atom stereocenters. The average molecular weight is 430 g/mol. The Labute approximate surface area is 166 Å². The second kappa shape index (κ2) is 7.54. The van der Waals surface area contributed by atoms with Crippen LogP contribution in [0, 0.1) is 5.82 Å². The van der Waals surface area contributed by atoms with Gasteiger partial charge in [0.2, 0.25) is 0 Å². The van der Waals surface area contributed by atoms with Gasteiger partial charge in [-0.25, -0.2) is 4.39 Å². The van der Waals surface area contributed by atoms with Gasteiger partial charge in [0, 0.05) is 48.8 Å². The van der Waals surface area contributed by atoms with E-state index >= 15 is 0 Å². The van der Waals surface area contributed by atoms with Crippen LogP contribution in [0.2, 0.25) is 0 Å². The Hall–Kier alpha value is -2.02. The minimum Gasteiger partial charge on any atom is -0.304 e.